The number of Topliss-reactive ketones (excluding diaryl/α,β-unsaturated/α-hetero) is 2. The van der Waals surface area contributed by atoms with Crippen molar-refractivity contribution in [2.24, 2.45) is 5.92 Å². The van der Waals surface area contributed by atoms with E-state index in [-0.39, 0.29) is 13.0 Å². The Hall–Kier alpha value is -0.910. The van der Waals surface area contributed by atoms with Crippen LogP contribution in [0.1, 0.15) is 6.42 Å². The molecule has 3 nitrogen and oxygen atoms in total. The fourth-order valence-electron chi connectivity index (χ4n) is 1.06. The summed E-state index contributed by atoms with van der Waals surface area (Å²) in [6.45, 7) is -0.350. The maximum atomic E-state index is 11.8. The highest BCUT2D eigenvalue weighted by atomic mass is 19.4. The first kappa shape index (κ1) is 10.2. The fraction of sp³-hybridized carbons (Fsp3) is 0.714. The summed E-state index contributed by atoms with van der Waals surface area (Å²) in [6.07, 6.45) is -5.06. The van der Waals surface area contributed by atoms with Crippen LogP contribution in [0.2, 0.25) is 0 Å². The van der Waals surface area contributed by atoms with Gasteiger partial charge < -0.3 is 4.74 Å². The zero-order valence-corrected chi connectivity index (χ0v) is 6.56. The molecule has 1 unspecified atom stereocenters. The van der Waals surface area contributed by atoms with Gasteiger partial charge in [0.25, 0.3) is 0 Å². The Kier molecular flexibility index (Phi) is 2.70. The van der Waals surface area contributed by atoms with E-state index in [9.17, 15) is 22.8 Å². The predicted molar refractivity (Wildman–Crippen MR) is 35.0 cm³/mol. The zero-order valence-electron chi connectivity index (χ0n) is 6.56. The molecular formula is C7H7F3O3. The number of carbonyl (C=O) groups is 2. The Morgan fingerprint density at radius 3 is 2.54 bits per heavy atom. The van der Waals surface area contributed by atoms with Gasteiger partial charge in [0.1, 0.15) is 11.7 Å². The van der Waals surface area contributed by atoms with Crippen molar-refractivity contribution in [1.82, 2.24) is 0 Å². The van der Waals surface area contributed by atoms with E-state index in [0.717, 1.165) is 0 Å². The van der Waals surface area contributed by atoms with Gasteiger partial charge in [-0.25, -0.2) is 0 Å². The van der Waals surface area contributed by atoms with Crippen molar-refractivity contribution in [3.05, 3.63) is 0 Å². The third-order valence-electron chi connectivity index (χ3n) is 1.76. The summed E-state index contributed by atoms with van der Waals surface area (Å²) < 4.78 is 40.2. The fourth-order valence-corrected chi connectivity index (χ4v) is 1.06. The van der Waals surface area contributed by atoms with E-state index in [0.29, 0.717) is 0 Å². The molecule has 1 heterocycles. The molecule has 1 aliphatic heterocycles. The molecular weight excluding hydrogens is 189 g/mol. The summed E-state index contributed by atoms with van der Waals surface area (Å²) in [7, 11) is 0. The van der Waals surface area contributed by atoms with Crippen LogP contribution in [0, 0.1) is 5.92 Å². The minimum absolute atomic E-state index is 0.0977. The smallest absolute Gasteiger partial charge is 0.380 e. The summed E-state index contributed by atoms with van der Waals surface area (Å²) in [5, 5.41) is 0. The van der Waals surface area contributed by atoms with Crippen molar-refractivity contribution in [1.29, 1.82) is 0 Å². The lowest BCUT2D eigenvalue weighted by Crippen LogP contribution is -2.41. The van der Waals surface area contributed by atoms with Crippen LogP contribution in [-0.2, 0) is 14.3 Å². The minimum Gasteiger partial charge on any atom is -0.380 e. The normalized spacial score (nSPS) is 24.5. The topological polar surface area (TPSA) is 43.4 Å². The maximum absolute atomic E-state index is 11.8. The molecule has 1 aliphatic rings. The Labute approximate surface area is 71.9 Å². The first-order valence-electron chi connectivity index (χ1n) is 3.64. The molecule has 0 saturated carbocycles. The molecule has 0 N–H and O–H groups in total. The number of alkyl halides is 3. The third-order valence-corrected chi connectivity index (χ3v) is 1.76. The monoisotopic (exact) mass is 196 g/mol. The van der Waals surface area contributed by atoms with Gasteiger partial charge in [-0.1, -0.05) is 0 Å². The molecule has 0 aromatic heterocycles. The zero-order chi connectivity index (χ0) is 10.1. The first-order chi connectivity index (χ1) is 5.93. The first-order valence-corrected chi connectivity index (χ1v) is 3.64. The van der Waals surface area contributed by atoms with Gasteiger partial charge in [0.15, 0.2) is 0 Å². The Bertz CT molecular complexity index is 234. The standard InChI is InChI=1S/C7H7F3O3/c8-7(9,10)6(12)4-3-13-2-1-5(4)11/h4H,1-3H2. The molecule has 0 aliphatic carbocycles. The molecule has 13 heavy (non-hydrogen) atoms. The lowest BCUT2D eigenvalue weighted by molar-refractivity contribution is -0.180. The Balaban J connectivity index is 2.70. The van der Waals surface area contributed by atoms with E-state index < -0.39 is 30.3 Å². The van der Waals surface area contributed by atoms with Crippen molar-refractivity contribution in [2.75, 3.05) is 13.2 Å². The highest BCUT2D eigenvalue weighted by molar-refractivity contribution is 6.05. The van der Waals surface area contributed by atoms with Gasteiger partial charge in [-0.15, -0.1) is 0 Å². The van der Waals surface area contributed by atoms with Crippen LogP contribution in [0.15, 0.2) is 0 Å². The second-order valence-electron chi connectivity index (χ2n) is 2.71. The number of hydrogen-bond acceptors (Lipinski definition) is 3. The molecule has 0 aromatic carbocycles. The molecule has 0 radical (unpaired) electrons. The number of hydrogen-bond donors (Lipinski definition) is 0. The van der Waals surface area contributed by atoms with Gasteiger partial charge in [0, 0.05) is 6.42 Å². The van der Waals surface area contributed by atoms with Gasteiger partial charge >= 0.3 is 6.18 Å². The number of carbonyl (C=O) groups excluding carboxylic acids is 2. The molecule has 0 spiro atoms. The summed E-state index contributed by atoms with van der Waals surface area (Å²) in [5.74, 6) is -4.33. The molecule has 1 atom stereocenters. The lowest BCUT2D eigenvalue weighted by atomic mass is 9.96. The van der Waals surface area contributed by atoms with Crippen LogP contribution in [0.25, 0.3) is 0 Å². The van der Waals surface area contributed by atoms with Crippen LogP contribution in [-0.4, -0.2) is 31.0 Å². The summed E-state index contributed by atoms with van der Waals surface area (Å²) in [6, 6.07) is 0. The average molecular weight is 196 g/mol. The van der Waals surface area contributed by atoms with Gasteiger partial charge in [0.05, 0.1) is 13.2 Å². The summed E-state index contributed by atoms with van der Waals surface area (Å²) >= 11 is 0. The van der Waals surface area contributed by atoms with Gasteiger partial charge in [0.2, 0.25) is 5.78 Å². The van der Waals surface area contributed by atoms with Crippen molar-refractivity contribution in [3.63, 3.8) is 0 Å². The highest BCUT2D eigenvalue weighted by Crippen LogP contribution is 2.24. The number of rotatable bonds is 1. The SMILES string of the molecule is O=C1CCOCC1C(=O)C(F)(F)F. The van der Waals surface area contributed by atoms with Crippen LogP contribution >= 0.6 is 0 Å². The van der Waals surface area contributed by atoms with Crippen LogP contribution in [0.4, 0.5) is 13.2 Å². The number of ketones is 2. The summed E-state index contributed by atoms with van der Waals surface area (Å²) in [4.78, 5) is 21.5. The molecule has 6 heteroatoms. The predicted octanol–water partition coefficient (Wildman–Crippen LogP) is 0.723. The molecule has 0 aromatic rings. The molecule has 74 valence electrons. The largest absolute Gasteiger partial charge is 0.450 e. The third kappa shape index (κ3) is 2.27. The molecule has 0 bridgehead atoms. The van der Waals surface area contributed by atoms with Crippen LogP contribution in [0.5, 0.6) is 0 Å². The number of ether oxygens (including phenoxy) is 1. The highest BCUT2D eigenvalue weighted by Gasteiger charge is 2.46. The van der Waals surface area contributed by atoms with E-state index in [1.807, 2.05) is 0 Å². The van der Waals surface area contributed by atoms with Crippen LogP contribution < -0.4 is 0 Å². The Morgan fingerprint density at radius 1 is 1.46 bits per heavy atom. The second-order valence-corrected chi connectivity index (χ2v) is 2.71. The molecule has 0 amide bonds. The Morgan fingerprint density at radius 2 is 2.08 bits per heavy atom. The summed E-state index contributed by atoms with van der Waals surface area (Å²) in [5.41, 5.74) is 0. The second kappa shape index (κ2) is 3.45. The van der Waals surface area contributed by atoms with Crippen molar-refractivity contribution >= 4 is 11.6 Å². The van der Waals surface area contributed by atoms with Crippen molar-refractivity contribution < 1.29 is 27.5 Å². The average Bonchev–Trinajstić information content (AvgIpc) is 2.02. The number of halogens is 3. The molecule has 1 fully saturated rings. The van der Waals surface area contributed by atoms with E-state index in [1.54, 1.807) is 0 Å². The van der Waals surface area contributed by atoms with Crippen molar-refractivity contribution in [3.8, 4) is 0 Å². The van der Waals surface area contributed by atoms with Gasteiger partial charge in [-0.2, -0.15) is 13.2 Å². The van der Waals surface area contributed by atoms with Gasteiger partial charge in [-0.05, 0) is 0 Å². The molecule has 1 rings (SSSR count). The van der Waals surface area contributed by atoms with E-state index in [2.05, 4.69) is 4.74 Å². The molecule has 1 saturated heterocycles. The van der Waals surface area contributed by atoms with E-state index in [4.69, 9.17) is 0 Å². The van der Waals surface area contributed by atoms with E-state index in [1.165, 1.54) is 0 Å². The minimum atomic E-state index is -4.94. The van der Waals surface area contributed by atoms with Crippen LogP contribution in [0.3, 0.4) is 0 Å². The van der Waals surface area contributed by atoms with Crippen molar-refractivity contribution in [2.45, 2.75) is 12.6 Å². The quantitative estimate of drug-likeness (QED) is 0.580. The maximum Gasteiger partial charge on any atom is 0.450 e. The lowest BCUT2D eigenvalue weighted by Gasteiger charge is -2.20. The van der Waals surface area contributed by atoms with Gasteiger partial charge in [-0.3, -0.25) is 9.59 Å². The van der Waals surface area contributed by atoms with E-state index >= 15 is 0 Å².